The molecule has 3 aromatic carbocycles. The topological polar surface area (TPSA) is 6.48 Å². The second-order valence-electron chi connectivity index (χ2n) is 7.47. The third-order valence-corrected chi connectivity index (χ3v) is 5.89. The molecule has 2 aliphatic rings. The number of anilines is 1. The van der Waals surface area contributed by atoms with Gasteiger partial charge in [-0.15, -0.1) is 0 Å². The van der Waals surface area contributed by atoms with Crippen LogP contribution in [0.25, 0.3) is 0 Å². The molecule has 0 fully saturated rings. The number of rotatable bonds is 3. The quantitative estimate of drug-likeness (QED) is 0.577. The Kier molecular flexibility index (Phi) is 3.61. The minimum Gasteiger partial charge on any atom is -0.330 e. The zero-order valence-electron chi connectivity index (χ0n) is 17.2. The first-order valence-corrected chi connectivity index (χ1v) is 9.72. The van der Waals surface area contributed by atoms with Crippen LogP contribution in [0.15, 0.2) is 109 Å². The van der Waals surface area contributed by atoms with Crippen LogP contribution in [-0.4, -0.2) is 11.5 Å². The smallest absolute Gasteiger partial charge is 0.0989 e. The lowest BCUT2D eigenvalue weighted by Crippen LogP contribution is -2.29. The van der Waals surface area contributed by atoms with Gasteiger partial charge in [-0.1, -0.05) is 78.9 Å². The number of allylic oxidation sites excluding steroid dienone is 2. The van der Waals surface area contributed by atoms with Gasteiger partial charge in [-0.3, -0.25) is 0 Å². The number of hydrogen-bond acceptors (Lipinski definition) is 2. The largest absolute Gasteiger partial charge is 0.330 e. The normalized spacial score (nSPS) is 20.5. The molecule has 0 bridgehead atoms. The molecule has 0 saturated heterocycles. The Morgan fingerprint density at radius 2 is 1.36 bits per heavy atom. The van der Waals surface area contributed by atoms with Gasteiger partial charge in [0, 0.05) is 17.6 Å². The van der Waals surface area contributed by atoms with Crippen LogP contribution in [0.5, 0.6) is 0 Å². The first-order valence-electron chi connectivity index (χ1n) is 10.3. The molecule has 0 amide bonds. The van der Waals surface area contributed by atoms with E-state index in [9.17, 15) is 0 Å². The molecule has 0 aromatic heterocycles. The van der Waals surface area contributed by atoms with Crippen molar-refractivity contribution in [3.8, 4) is 0 Å². The van der Waals surface area contributed by atoms with Gasteiger partial charge in [-0.25, -0.2) is 0 Å². The van der Waals surface area contributed by atoms with Crippen molar-refractivity contribution in [2.75, 3.05) is 11.5 Å². The second kappa shape index (κ2) is 6.42. The van der Waals surface area contributed by atoms with Gasteiger partial charge in [0.05, 0.1) is 19.1 Å². The van der Waals surface area contributed by atoms with Crippen molar-refractivity contribution < 1.29 is 1.37 Å². The fourth-order valence-electron chi connectivity index (χ4n) is 4.55. The van der Waals surface area contributed by atoms with Crippen molar-refractivity contribution in [3.05, 3.63) is 125 Å². The van der Waals surface area contributed by atoms with E-state index < -0.39 is 12.1 Å². The maximum absolute atomic E-state index is 9.04. The van der Waals surface area contributed by atoms with E-state index in [2.05, 4.69) is 115 Å². The molecule has 2 heteroatoms. The van der Waals surface area contributed by atoms with Crippen LogP contribution >= 0.6 is 0 Å². The number of aryl methyl sites for hydroxylation is 1. The molecule has 0 aliphatic carbocycles. The lowest BCUT2D eigenvalue weighted by molar-refractivity contribution is 0.490. The summed E-state index contributed by atoms with van der Waals surface area (Å²) in [5.74, 6) is 0. The summed E-state index contributed by atoms with van der Waals surface area (Å²) < 4.78 is 9.04. The molecule has 28 heavy (non-hydrogen) atoms. The first kappa shape index (κ1) is 15.8. The average molecular weight is 365 g/mol. The second-order valence-corrected chi connectivity index (χ2v) is 7.47. The zero-order valence-corrected chi connectivity index (χ0v) is 16.2. The highest BCUT2D eigenvalue weighted by Crippen LogP contribution is 2.50. The number of para-hydroxylation sites is 1. The Bertz CT molecular complexity index is 1060. The van der Waals surface area contributed by atoms with E-state index in [0.29, 0.717) is 0 Å². The number of hydrogen-bond donors (Lipinski definition) is 0. The summed E-state index contributed by atoms with van der Waals surface area (Å²) >= 11 is 0. The maximum atomic E-state index is 9.04. The fourth-order valence-corrected chi connectivity index (χ4v) is 4.55. The van der Waals surface area contributed by atoms with Crippen LogP contribution in [0.4, 0.5) is 5.69 Å². The number of nitrogens with zero attached hydrogens (tertiary/aromatic N) is 2. The predicted octanol–water partition coefficient (Wildman–Crippen LogP) is 5.82. The molecule has 0 saturated carbocycles. The Labute approximate surface area is 168 Å². The summed E-state index contributed by atoms with van der Waals surface area (Å²) in [6, 6.07) is 29.6. The molecule has 0 N–H and O–H groups in total. The van der Waals surface area contributed by atoms with Crippen molar-refractivity contribution >= 4 is 5.69 Å². The molecule has 0 radical (unpaired) electrons. The monoisotopic (exact) mass is 365 g/mol. The van der Waals surface area contributed by atoms with Crippen LogP contribution in [0.2, 0.25) is 0 Å². The Hall–Kier alpha value is -3.26. The standard InChI is InChI=1S/C26H24N2/c1-20-11-9-10-16-24(20)28-19-27-18-17-26(25(27)21(28)2,22-12-5-3-6-13-22)23-14-7-4-8-15-23/h3-18H,19H2,1-2H3/i19D. The highest BCUT2D eigenvalue weighted by Gasteiger charge is 2.47. The Balaban J connectivity index is 1.77. The SMILES string of the molecule is [2H]C1N2C=CC(c3ccccc3)(c3ccccc3)C2=C(C)N1c1ccccc1C. The lowest BCUT2D eigenvalue weighted by Gasteiger charge is -2.32. The summed E-state index contributed by atoms with van der Waals surface area (Å²) in [5, 5.41) is 0. The van der Waals surface area contributed by atoms with Crippen LogP contribution in [0, 0.1) is 6.92 Å². The molecule has 2 aliphatic heterocycles. The van der Waals surface area contributed by atoms with Gasteiger partial charge in [0.15, 0.2) is 0 Å². The van der Waals surface area contributed by atoms with E-state index in [-0.39, 0.29) is 0 Å². The van der Waals surface area contributed by atoms with Gasteiger partial charge in [0.1, 0.15) is 0 Å². The minimum atomic E-state index is -0.517. The Morgan fingerprint density at radius 3 is 1.96 bits per heavy atom. The van der Waals surface area contributed by atoms with Crippen molar-refractivity contribution in [3.63, 3.8) is 0 Å². The van der Waals surface area contributed by atoms with Crippen molar-refractivity contribution in [2.45, 2.75) is 19.3 Å². The van der Waals surface area contributed by atoms with Crippen molar-refractivity contribution in [1.29, 1.82) is 0 Å². The van der Waals surface area contributed by atoms with Gasteiger partial charge >= 0.3 is 0 Å². The predicted molar refractivity (Wildman–Crippen MR) is 116 cm³/mol. The van der Waals surface area contributed by atoms with Crippen LogP contribution < -0.4 is 4.90 Å². The highest BCUT2D eigenvalue weighted by molar-refractivity contribution is 5.65. The maximum Gasteiger partial charge on any atom is 0.0989 e. The molecule has 3 aromatic rings. The van der Waals surface area contributed by atoms with Crippen LogP contribution in [-0.2, 0) is 5.41 Å². The molecule has 1 unspecified atom stereocenters. The van der Waals surface area contributed by atoms with E-state index in [4.69, 9.17) is 1.37 Å². The summed E-state index contributed by atoms with van der Waals surface area (Å²) in [5.41, 5.74) is 6.60. The van der Waals surface area contributed by atoms with Gasteiger partial charge in [0.25, 0.3) is 0 Å². The summed E-state index contributed by atoms with van der Waals surface area (Å²) in [7, 11) is 0. The third kappa shape index (κ3) is 2.34. The molecular formula is C26H24N2. The van der Waals surface area contributed by atoms with Gasteiger partial charge in [-0.05, 0) is 42.7 Å². The van der Waals surface area contributed by atoms with Gasteiger partial charge in [-0.2, -0.15) is 0 Å². The van der Waals surface area contributed by atoms with E-state index in [1.165, 1.54) is 16.7 Å². The van der Waals surface area contributed by atoms with Gasteiger partial charge < -0.3 is 9.80 Å². The molecule has 138 valence electrons. The first-order chi connectivity index (χ1) is 14.1. The highest BCUT2D eigenvalue weighted by atomic mass is 15.4. The summed E-state index contributed by atoms with van der Waals surface area (Å²) in [6.45, 7) is 3.74. The zero-order chi connectivity index (χ0) is 20.0. The summed E-state index contributed by atoms with van der Waals surface area (Å²) in [6.07, 6.45) is 4.35. The molecular weight excluding hydrogens is 340 g/mol. The van der Waals surface area contributed by atoms with E-state index in [0.717, 1.165) is 17.1 Å². The Morgan fingerprint density at radius 1 is 0.786 bits per heavy atom. The number of benzene rings is 3. The molecule has 5 rings (SSSR count). The lowest BCUT2D eigenvalue weighted by atomic mass is 9.72. The van der Waals surface area contributed by atoms with Crippen molar-refractivity contribution in [1.82, 2.24) is 4.90 Å². The minimum absolute atomic E-state index is 0.399. The van der Waals surface area contributed by atoms with E-state index in [1.807, 2.05) is 6.07 Å². The molecule has 1 atom stereocenters. The summed E-state index contributed by atoms with van der Waals surface area (Å²) in [4.78, 5) is 4.26. The van der Waals surface area contributed by atoms with E-state index >= 15 is 0 Å². The van der Waals surface area contributed by atoms with Crippen molar-refractivity contribution in [2.24, 2.45) is 0 Å². The molecule has 2 nitrogen and oxygen atoms in total. The van der Waals surface area contributed by atoms with Gasteiger partial charge in [0.2, 0.25) is 0 Å². The number of fused-ring (bicyclic) bond motifs is 1. The van der Waals surface area contributed by atoms with Crippen LogP contribution in [0.3, 0.4) is 0 Å². The van der Waals surface area contributed by atoms with Crippen LogP contribution in [0.1, 0.15) is 25.0 Å². The molecule has 0 spiro atoms. The average Bonchev–Trinajstić information content (AvgIpc) is 3.28. The fraction of sp³-hybridized carbons (Fsp3) is 0.154. The van der Waals surface area contributed by atoms with E-state index in [1.54, 1.807) is 0 Å². The molecule has 2 heterocycles. The third-order valence-electron chi connectivity index (χ3n) is 5.89.